The highest BCUT2D eigenvalue weighted by Crippen LogP contribution is 2.20. The number of carbonyl (C=O) groups is 1. The fourth-order valence-corrected chi connectivity index (χ4v) is 2.05. The summed E-state index contributed by atoms with van der Waals surface area (Å²) in [6.07, 6.45) is 3.50. The lowest BCUT2D eigenvalue weighted by molar-refractivity contribution is 0.0949. The van der Waals surface area contributed by atoms with E-state index < -0.39 is 0 Å². The average molecular weight is 296 g/mol. The van der Waals surface area contributed by atoms with E-state index in [4.69, 9.17) is 23.2 Å². The lowest BCUT2D eigenvalue weighted by Crippen LogP contribution is -2.26. The van der Waals surface area contributed by atoms with Gasteiger partial charge < -0.3 is 5.32 Å². The predicted molar refractivity (Wildman–Crippen MR) is 74.5 cm³/mol. The van der Waals surface area contributed by atoms with Crippen LogP contribution in [0.25, 0.3) is 0 Å². The van der Waals surface area contributed by atoms with Gasteiger partial charge in [-0.25, -0.2) is 9.97 Å². The lowest BCUT2D eigenvalue weighted by Gasteiger charge is -2.06. The third-order valence-electron chi connectivity index (χ3n) is 2.51. The summed E-state index contributed by atoms with van der Waals surface area (Å²) < 4.78 is 0. The normalized spacial score (nSPS) is 10.2. The van der Waals surface area contributed by atoms with E-state index in [1.807, 2.05) is 6.07 Å². The number of rotatable bonds is 4. The van der Waals surface area contributed by atoms with Gasteiger partial charge in [0.1, 0.15) is 12.0 Å². The number of nitrogens with one attached hydrogen (secondary N) is 1. The molecule has 98 valence electrons. The van der Waals surface area contributed by atoms with E-state index in [0.29, 0.717) is 28.7 Å². The largest absolute Gasteiger partial charge is 0.350 e. The van der Waals surface area contributed by atoms with Crippen LogP contribution < -0.4 is 5.32 Å². The van der Waals surface area contributed by atoms with Crippen LogP contribution >= 0.6 is 23.2 Å². The minimum Gasteiger partial charge on any atom is -0.350 e. The molecule has 2 rings (SSSR count). The Kier molecular flexibility index (Phi) is 4.71. The van der Waals surface area contributed by atoms with Gasteiger partial charge in [-0.1, -0.05) is 29.3 Å². The summed E-state index contributed by atoms with van der Waals surface area (Å²) in [4.78, 5) is 19.3. The molecule has 1 aromatic heterocycles. The first-order valence-corrected chi connectivity index (χ1v) is 6.40. The molecule has 1 heterocycles. The van der Waals surface area contributed by atoms with Gasteiger partial charge in [0.15, 0.2) is 0 Å². The number of aromatic nitrogens is 2. The molecule has 6 heteroatoms. The van der Waals surface area contributed by atoms with E-state index >= 15 is 0 Å². The summed E-state index contributed by atoms with van der Waals surface area (Å²) in [6, 6.07) is 6.87. The molecule has 0 unspecified atom stereocenters. The molecular weight excluding hydrogens is 285 g/mol. The van der Waals surface area contributed by atoms with E-state index in [2.05, 4.69) is 15.3 Å². The van der Waals surface area contributed by atoms with Crippen LogP contribution in [0.2, 0.25) is 10.0 Å². The predicted octanol–water partition coefficient (Wildman–Crippen LogP) is 2.76. The zero-order valence-electron chi connectivity index (χ0n) is 9.94. The van der Waals surface area contributed by atoms with Crippen LogP contribution in [0, 0.1) is 0 Å². The minimum absolute atomic E-state index is 0.229. The van der Waals surface area contributed by atoms with Crippen molar-refractivity contribution in [3.05, 3.63) is 58.1 Å². The second-order valence-electron chi connectivity index (χ2n) is 3.84. The number of carbonyl (C=O) groups excluding carboxylic acids is 1. The van der Waals surface area contributed by atoms with Crippen molar-refractivity contribution in [3.63, 3.8) is 0 Å². The van der Waals surface area contributed by atoms with Crippen LogP contribution in [0.1, 0.15) is 16.1 Å². The summed E-state index contributed by atoms with van der Waals surface area (Å²) >= 11 is 11.9. The highest BCUT2D eigenvalue weighted by atomic mass is 35.5. The Labute approximate surface area is 120 Å². The summed E-state index contributed by atoms with van der Waals surface area (Å²) in [5, 5.41) is 3.97. The second-order valence-corrected chi connectivity index (χ2v) is 4.68. The van der Waals surface area contributed by atoms with Crippen LogP contribution in [-0.2, 0) is 6.42 Å². The van der Waals surface area contributed by atoms with Crippen LogP contribution in [0.4, 0.5) is 0 Å². The number of hydrogen-bond donors (Lipinski definition) is 1. The highest BCUT2D eigenvalue weighted by Gasteiger charge is 2.06. The molecule has 2 aromatic rings. The van der Waals surface area contributed by atoms with Crippen LogP contribution in [-0.4, -0.2) is 22.4 Å². The Balaban J connectivity index is 1.88. The first-order chi connectivity index (χ1) is 9.16. The third kappa shape index (κ3) is 3.91. The van der Waals surface area contributed by atoms with Gasteiger partial charge in [0, 0.05) is 22.8 Å². The molecule has 1 N–H and O–H groups in total. The standard InChI is InChI=1S/C13H11Cl2N3O/c14-10-2-1-9(11(15)7-10)3-6-17-13(19)12-4-5-16-8-18-12/h1-2,4-5,7-8H,3,6H2,(H,17,19). The van der Waals surface area contributed by atoms with Crippen LogP contribution in [0.5, 0.6) is 0 Å². The fraction of sp³-hybridized carbons (Fsp3) is 0.154. The van der Waals surface area contributed by atoms with Crippen molar-refractivity contribution in [2.75, 3.05) is 6.54 Å². The molecule has 4 nitrogen and oxygen atoms in total. The molecule has 0 aliphatic rings. The Morgan fingerprint density at radius 1 is 1.26 bits per heavy atom. The molecular formula is C13H11Cl2N3O. The first kappa shape index (κ1) is 13.8. The minimum atomic E-state index is -0.229. The Hall–Kier alpha value is -1.65. The van der Waals surface area contributed by atoms with Gasteiger partial charge >= 0.3 is 0 Å². The molecule has 1 amide bonds. The van der Waals surface area contributed by atoms with Gasteiger partial charge in [0.05, 0.1) is 0 Å². The number of benzene rings is 1. The average Bonchev–Trinajstić information content (AvgIpc) is 2.42. The Bertz CT molecular complexity index is 575. The molecule has 1 aromatic carbocycles. The van der Waals surface area contributed by atoms with E-state index in [-0.39, 0.29) is 5.91 Å². The molecule has 19 heavy (non-hydrogen) atoms. The van der Waals surface area contributed by atoms with Crippen molar-refractivity contribution in [1.82, 2.24) is 15.3 Å². The number of halogens is 2. The van der Waals surface area contributed by atoms with Crippen molar-refractivity contribution in [2.45, 2.75) is 6.42 Å². The van der Waals surface area contributed by atoms with Gasteiger partial charge in [-0.2, -0.15) is 0 Å². The molecule has 0 atom stereocenters. The number of amides is 1. The lowest BCUT2D eigenvalue weighted by atomic mass is 10.1. The van der Waals surface area contributed by atoms with Crippen molar-refractivity contribution in [3.8, 4) is 0 Å². The molecule has 0 aliphatic heterocycles. The second kappa shape index (κ2) is 6.50. The van der Waals surface area contributed by atoms with Crippen molar-refractivity contribution < 1.29 is 4.79 Å². The summed E-state index contributed by atoms with van der Waals surface area (Å²) in [5.74, 6) is -0.229. The van der Waals surface area contributed by atoms with Gasteiger partial charge in [0.2, 0.25) is 0 Å². The molecule has 0 saturated carbocycles. The van der Waals surface area contributed by atoms with Crippen molar-refractivity contribution >= 4 is 29.1 Å². The highest BCUT2D eigenvalue weighted by molar-refractivity contribution is 6.35. The van der Waals surface area contributed by atoms with Gasteiger partial charge in [-0.3, -0.25) is 4.79 Å². The smallest absolute Gasteiger partial charge is 0.270 e. The topological polar surface area (TPSA) is 54.9 Å². The van der Waals surface area contributed by atoms with E-state index in [0.717, 1.165) is 5.56 Å². The van der Waals surface area contributed by atoms with E-state index in [1.54, 1.807) is 18.2 Å². The van der Waals surface area contributed by atoms with Gasteiger partial charge in [0.25, 0.3) is 5.91 Å². The third-order valence-corrected chi connectivity index (χ3v) is 3.10. The van der Waals surface area contributed by atoms with E-state index in [9.17, 15) is 4.79 Å². The molecule has 0 spiro atoms. The monoisotopic (exact) mass is 295 g/mol. The van der Waals surface area contributed by atoms with Gasteiger partial charge in [-0.05, 0) is 30.2 Å². The first-order valence-electron chi connectivity index (χ1n) is 5.65. The SMILES string of the molecule is O=C(NCCc1ccc(Cl)cc1Cl)c1ccncn1. The summed E-state index contributed by atoms with van der Waals surface area (Å²) in [6.45, 7) is 0.476. The Morgan fingerprint density at radius 3 is 2.79 bits per heavy atom. The number of nitrogens with zero attached hydrogens (tertiary/aromatic N) is 2. The fourth-order valence-electron chi connectivity index (χ4n) is 1.55. The van der Waals surface area contributed by atoms with E-state index in [1.165, 1.54) is 12.5 Å². The number of hydrogen-bond acceptors (Lipinski definition) is 3. The van der Waals surface area contributed by atoms with Gasteiger partial charge in [-0.15, -0.1) is 0 Å². The zero-order valence-corrected chi connectivity index (χ0v) is 11.4. The van der Waals surface area contributed by atoms with Crippen molar-refractivity contribution in [2.24, 2.45) is 0 Å². The molecule has 0 fully saturated rings. The molecule has 0 bridgehead atoms. The maximum Gasteiger partial charge on any atom is 0.270 e. The maximum atomic E-state index is 11.7. The van der Waals surface area contributed by atoms with Crippen LogP contribution in [0.3, 0.4) is 0 Å². The Morgan fingerprint density at radius 2 is 2.11 bits per heavy atom. The molecule has 0 saturated heterocycles. The zero-order chi connectivity index (χ0) is 13.7. The quantitative estimate of drug-likeness (QED) is 0.944. The van der Waals surface area contributed by atoms with Crippen LogP contribution in [0.15, 0.2) is 36.8 Å². The molecule has 0 aliphatic carbocycles. The maximum absolute atomic E-state index is 11.7. The van der Waals surface area contributed by atoms with Crippen molar-refractivity contribution in [1.29, 1.82) is 0 Å². The molecule has 0 radical (unpaired) electrons. The summed E-state index contributed by atoms with van der Waals surface area (Å²) in [5.41, 5.74) is 1.28. The summed E-state index contributed by atoms with van der Waals surface area (Å²) in [7, 11) is 0.